The zero-order chi connectivity index (χ0) is 15.9. The van der Waals surface area contributed by atoms with Crippen LogP contribution in [0.3, 0.4) is 0 Å². The molecule has 0 radical (unpaired) electrons. The summed E-state index contributed by atoms with van der Waals surface area (Å²) < 4.78 is 2.18. The number of primary amides is 1. The Balaban J connectivity index is 2.36. The molecule has 1 aromatic carbocycles. The topological polar surface area (TPSA) is 86.9 Å². The van der Waals surface area contributed by atoms with Crippen LogP contribution in [0.15, 0.2) is 30.3 Å². The van der Waals surface area contributed by atoms with Crippen molar-refractivity contribution >= 4 is 33.7 Å². The quantitative estimate of drug-likeness (QED) is 0.776. The second kappa shape index (κ2) is 5.33. The van der Waals surface area contributed by atoms with Gasteiger partial charge in [-0.1, -0.05) is 38.5 Å². The van der Waals surface area contributed by atoms with E-state index in [0.717, 1.165) is 34.9 Å². The number of hydrogen-bond acceptors (Lipinski definition) is 3. The molecule has 0 saturated heterocycles. The summed E-state index contributed by atoms with van der Waals surface area (Å²) in [5.74, 6) is 0.164. The predicted molar refractivity (Wildman–Crippen MR) is 89.6 cm³/mol. The van der Waals surface area contributed by atoms with E-state index in [0.29, 0.717) is 5.92 Å². The molecule has 0 aliphatic rings. The van der Waals surface area contributed by atoms with E-state index in [2.05, 4.69) is 29.5 Å². The molecule has 0 aliphatic heterocycles. The summed E-state index contributed by atoms with van der Waals surface area (Å²) in [5, 5.41) is 1.98. The average Bonchev–Trinajstić information content (AvgIpc) is 2.80. The molecule has 0 bridgehead atoms. The number of aromatic nitrogens is 2. The molecule has 114 valence electrons. The molecule has 0 spiro atoms. The van der Waals surface area contributed by atoms with Gasteiger partial charge in [-0.25, -0.2) is 4.98 Å². The normalized spacial score (nSPS) is 12.8. The Morgan fingerprint density at radius 3 is 2.73 bits per heavy atom. The Hall–Kier alpha value is -2.56. The zero-order valence-corrected chi connectivity index (χ0v) is 12.8. The van der Waals surface area contributed by atoms with E-state index >= 15 is 0 Å². The number of nitrogens with two attached hydrogens (primary N) is 2. The van der Waals surface area contributed by atoms with Crippen LogP contribution in [0.2, 0.25) is 0 Å². The Labute approximate surface area is 128 Å². The number of rotatable bonds is 4. The maximum Gasteiger partial charge on any atom is 0.252 e. The molecule has 5 nitrogen and oxygen atoms in total. The minimum Gasteiger partial charge on any atom is -0.383 e. The molecule has 1 unspecified atom stereocenters. The highest BCUT2D eigenvalue weighted by Crippen LogP contribution is 2.30. The highest BCUT2D eigenvalue weighted by Gasteiger charge is 2.17. The van der Waals surface area contributed by atoms with Gasteiger partial charge in [0.2, 0.25) is 0 Å². The second-order valence-electron chi connectivity index (χ2n) is 5.80. The first-order valence-electron chi connectivity index (χ1n) is 7.50. The number of anilines is 1. The number of fused-ring (bicyclic) bond motifs is 3. The van der Waals surface area contributed by atoms with Crippen molar-refractivity contribution in [2.24, 2.45) is 11.7 Å². The summed E-state index contributed by atoms with van der Waals surface area (Å²) in [7, 11) is 0. The van der Waals surface area contributed by atoms with E-state index in [-0.39, 0.29) is 11.4 Å². The van der Waals surface area contributed by atoms with Crippen LogP contribution in [-0.2, 0) is 6.54 Å². The number of nitrogen functional groups attached to an aromatic ring is 1. The van der Waals surface area contributed by atoms with Crippen LogP contribution in [0.5, 0.6) is 0 Å². The van der Waals surface area contributed by atoms with Gasteiger partial charge in [0.05, 0.1) is 11.1 Å². The first-order chi connectivity index (χ1) is 10.5. The summed E-state index contributed by atoms with van der Waals surface area (Å²) >= 11 is 0. The standard InChI is InChI=1S/C17H20N4O/c1-3-10(2)9-21-14-7-5-4-6-11(14)12-8-13(16(19)22)15(18)20-17(12)21/h4-8,10H,3,9H2,1-2H3,(H2,18,20)(H2,19,22). The molecule has 0 fully saturated rings. The van der Waals surface area contributed by atoms with Gasteiger partial charge < -0.3 is 16.0 Å². The number of amides is 1. The van der Waals surface area contributed by atoms with Crippen molar-refractivity contribution in [2.45, 2.75) is 26.8 Å². The Bertz CT molecular complexity index is 866. The maximum absolute atomic E-state index is 11.5. The van der Waals surface area contributed by atoms with Crippen molar-refractivity contribution in [1.29, 1.82) is 0 Å². The smallest absolute Gasteiger partial charge is 0.252 e. The van der Waals surface area contributed by atoms with Gasteiger partial charge in [-0.05, 0) is 18.1 Å². The van der Waals surface area contributed by atoms with Gasteiger partial charge in [-0.3, -0.25) is 4.79 Å². The molecular formula is C17H20N4O. The summed E-state index contributed by atoms with van der Waals surface area (Å²) in [6.45, 7) is 5.25. The summed E-state index contributed by atoms with van der Waals surface area (Å²) in [6.07, 6.45) is 1.09. The fourth-order valence-corrected chi connectivity index (χ4v) is 2.80. The Morgan fingerprint density at radius 1 is 1.32 bits per heavy atom. The molecule has 3 aromatic rings. The van der Waals surface area contributed by atoms with Crippen LogP contribution >= 0.6 is 0 Å². The number of para-hydroxylation sites is 1. The molecule has 0 aliphatic carbocycles. The second-order valence-corrected chi connectivity index (χ2v) is 5.80. The van der Waals surface area contributed by atoms with E-state index in [1.165, 1.54) is 0 Å². The minimum absolute atomic E-state index is 0.188. The first-order valence-corrected chi connectivity index (χ1v) is 7.50. The van der Waals surface area contributed by atoms with Crippen molar-refractivity contribution in [3.05, 3.63) is 35.9 Å². The van der Waals surface area contributed by atoms with Gasteiger partial charge in [0.15, 0.2) is 0 Å². The third-order valence-corrected chi connectivity index (χ3v) is 4.23. The molecule has 22 heavy (non-hydrogen) atoms. The maximum atomic E-state index is 11.5. The lowest BCUT2D eigenvalue weighted by atomic mass is 10.1. The summed E-state index contributed by atoms with van der Waals surface area (Å²) in [5.41, 5.74) is 13.5. The third kappa shape index (κ3) is 2.19. The molecule has 1 amide bonds. The van der Waals surface area contributed by atoms with Crippen molar-refractivity contribution in [1.82, 2.24) is 9.55 Å². The predicted octanol–water partition coefficient (Wildman–Crippen LogP) is 2.92. The van der Waals surface area contributed by atoms with Crippen molar-refractivity contribution in [3.63, 3.8) is 0 Å². The monoisotopic (exact) mass is 296 g/mol. The Kier molecular flexibility index (Phi) is 3.48. The van der Waals surface area contributed by atoms with Gasteiger partial charge in [-0.2, -0.15) is 0 Å². The SMILES string of the molecule is CCC(C)Cn1c2ccccc2c2cc(C(N)=O)c(N)nc21. The lowest BCUT2D eigenvalue weighted by molar-refractivity contribution is 0.100. The van der Waals surface area contributed by atoms with Crippen LogP contribution in [0.4, 0.5) is 5.82 Å². The first kappa shape index (κ1) is 14.4. The lowest BCUT2D eigenvalue weighted by Crippen LogP contribution is -2.15. The fourth-order valence-electron chi connectivity index (χ4n) is 2.80. The fraction of sp³-hybridized carbons (Fsp3) is 0.294. The molecule has 5 heteroatoms. The van der Waals surface area contributed by atoms with E-state index in [1.807, 2.05) is 18.2 Å². The van der Waals surface area contributed by atoms with Gasteiger partial charge in [0, 0.05) is 17.3 Å². The van der Waals surface area contributed by atoms with Crippen LogP contribution in [-0.4, -0.2) is 15.5 Å². The molecule has 3 rings (SSSR count). The van der Waals surface area contributed by atoms with Gasteiger partial charge in [0.25, 0.3) is 5.91 Å². The molecule has 4 N–H and O–H groups in total. The van der Waals surface area contributed by atoms with Crippen molar-refractivity contribution < 1.29 is 4.79 Å². The molecule has 2 heterocycles. The average molecular weight is 296 g/mol. The van der Waals surface area contributed by atoms with E-state index < -0.39 is 5.91 Å². The van der Waals surface area contributed by atoms with Gasteiger partial charge in [0.1, 0.15) is 11.5 Å². The summed E-state index contributed by atoms with van der Waals surface area (Å²) in [6, 6.07) is 9.85. The number of pyridine rings is 1. The van der Waals surface area contributed by atoms with Gasteiger partial charge >= 0.3 is 0 Å². The largest absolute Gasteiger partial charge is 0.383 e. The number of nitrogens with zero attached hydrogens (tertiary/aromatic N) is 2. The number of carbonyl (C=O) groups is 1. The highest BCUT2D eigenvalue weighted by atomic mass is 16.1. The Morgan fingerprint density at radius 2 is 2.05 bits per heavy atom. The van der Waals surface area contributed by atoms with Crippen LogP contribution in [0.25, 0.3) is 21.9 Å². The lowest BCUT2D eigenvalue weighted by Gasteiger charge is -2.12. The van der Waals surface area contributed by atoms with Crippen LogP contribution < -0.4 is 11.5 Å². The van der Waals surface area contributed by atoms with E-state index in [1.54, 1.807) is 6.07 Å². The molecule has 2 aromatic heterocycles. The number of benzene rings is 1. The summed E-state index contributed by atoms with van der Waals surface area (Å²) in [4.78, 5) is 16.0. The van der Waals surface area contributed by atoms with Crippen molar-refractivity contribution in [3.8, 4) is 0 Å². The zero-order valence-electron chi connectivity index (χ0n) is 12.8. The van der Waals surface area contributed by atoms with E-state index in [9.17, 15) is 4.79 Å². The number of carbonyl (C=O) groups excluding carboxylic acids is 1. The number of hydrogen-bond donors (Lipinski definition) is 2. The van der Waals surface area contributed by atoms with E-state index in [4.69, 9.17) is 11.5 Å². The molecule has 1 atom stereocenters. The molecule has 0 saturated carbocycles. The molecular weight excluding hydrogens is 276 g/mol. The minimum atomic E-state index is -0.550. The third-order valence-electron chi connectivity index (χ3n) is 4.23. The van der Waals surface area contributed by atoms with Crippen LogP contribution in [0, 0.1) is 5.92 Å². The van der Waals surface area contributed by atoms with Crippen LogP contribution in [0.1, 0.15) is 30.6 Å². The highest BCUT2D eigenvalue weighted by molar-refractivity contribution is 6.10. The van der Waals surface area contributed by atoms with Crippen molar-refractivity contribution in [2.75, 3.05) is 5.73 Å². The van der Waals surface area contributed by atoms with Gasteiger partial charge in [-0.15, -0.1) is 0 Å².